The molecule has 1 amide bonds. The number of aryl methyl sites for hydroxylation is 2. The van der Waals surface area contributed by atoms with Gasteiger partial charge in [0.25, 0.3) is 5.56 Å². The summed E-state index contributed by atoms with van der Waals surface area (Å²) >= 11 is 2.93. The van der Waals surface area contributed by atoms with E-state index in [2.05, 4.69) is 18.5 Å². The molecule has 5 nitrogen and oxygen atoms in total. The average molecular weight is 390 g/mol. The van der Waals surface area contributed by atoms with Crippen molar-refractivity contribution in [2.75, 3.05) is 6.54 Å². The highest BCUT2D eigenvalue weighted by molar-refractivity contribution is 8.00. The average Bonchev–Trinajstić information content (AvgIpc) is 3.01. The van der Waals surface area contributed by atoms with Crippen LogP contribution in [0, 0.1) is 0 Å². The Morgan fingerprint density at radius 3 is 2.88 bits per heavy atom. The number of nitrogens with zero attached hydrogens (tertiary/aromatic N) is 2. The summed E-state index contributed by atoms with van der Waals surface area (Å²) in [7, 11) is 0. The van der Waals surface area contributed by atoms with Gasteiger partial charge in [-0.25, -0.2) is 4.98 Å². The lowest BCUT2D eigenvalue weighted by molar-refractivity contribution is -0.120. The molecule has 0 radical (unpaired) electrons. The number of thiophene rings is 1. The Balaban J connectivity index is 2.02. The molecule has 1 N–H and O–H groups in total. The van der Waals surface area contributed by atoms with Crippen molar-refractivity contribution in [2.24, 2.45) is 0 Å². The van der Waals surface area contributed by atoms with Gasteiger partial charge in [-0.1, -0.05) is 23.9 Å². The van der Waals surface area contributed by atoms with Crippen LogP contribution in [0.15, 0.2) is 35.3 Å². The molecule has 0 spiro atoms. The number of rotatable bonds is 7. The molecule has 7 heteroatoms. The van der Waals surface area contributed by atoms with Crippen LogP contribution in [-0.2, 0) is 24.2 Å². The van der Waals surface area contributed by atoms with E-state index in [-0.39, 0.29) is 16.7 Å². The summed E-state index contributed by atoms with van der Waals surface area (Å²) in [5.74, 6) is -0.0973. The van der Waals surface area contributed by atoms with E-state index in [1.165, 1.54) is 28.6 Å². The highest BCUT2D eigenvalue weighted by Gasteiger charge is 2.23. The molecule has 2 heterocycles. The van der Waals surface area contributed by atoms with Crippen LogP contribution in [0.3, 0.4) is 0 Å². The number of carbonyl (C=O) groups excluding carboxylic acids is 1. The van der Waals surface area contributed by atoms with Gasteiger partial charge in [-0.05, 0) is 38.2 Å². The maximum atomic E-state index is 13.2. The zero-order valence-electron chi connectivity index (χ0n) is 14.9. The fourth-order valence-electron chi connectivity index (χ4n) is 3.13. The highest BCUT2D eigenvalue weighted by atomic mass is 32.2. The molecule has 0 aromatic carbocycles. The summed E-state index contributed by atoms with van der Waals surface area (Å²) in [5.41, 5.74) is 1.16. The molecule has 1 aliphatic rings. The third-order valence-corrected chi connectivity index (χ3v) is 6.70. The van der Waals surface area contributed by atoms with Gasteiger partial charge in [-0.3, -0.25) is 14.2 Å². The summed E-state index contributed by atoms with van der Waals surface area (Å²) in [5, 5.41) is 3.76. The fourth-order valence-corrected chi connectivity index (χ4v) is 5.37. The lowest BCUT2D eigenvalue weighted by atomic mass is 9.97. The van der Waals surface area contributed by atoms with Crippen LogP contribution >= 0.6 is 23.1 Å². The van der Waals surface area contributed by atoms with E-state index in [0.29, 0.717) is 18.2 Å². The van der Waals surface area contributed by atoms with Gasteiger partial charge in [-0.2, -0.15) is 0 Å². The van der Waals surface area contributed by atoms with Gasteiger partial charge < -0.3 is 5.32 Å². The van der Waals surface area contributed by atoms with Gasteiger partial charge in [-0.15, -0.1) is 24.5 Å². The predicted octanol–water partition coefficient (Wildman–Crippen LogP) is 3.31. The first-order valence-electron chi connectivity index (χ1n) is 8.78. The zero-order chi connectivity index (χ0) is 18.7. The van der Waals surface area contributed by atoms with E-state index < -0.39 is 0 Å². The van der Waals surface area contributed by atoms with Gasteiger partial charge in [0.2, 0.25) is 5.91 Å². The second-order valence-electron chi connectivity index (χ2n) is 6.28. The van der Waals surface area contributed by atoms with Crippen molar-refractivity contribution in [1.29, 1.82) is 0 Å². The Labute approximate surface area is 161 Å². The van der Waals surface area contributed by atoms with E-state index in [9.17, 15) is 9.59 Å². The van der Waals surface area contributed by atoms with Crippen molar-refractivity contribution in [3.8, 4) is 0 Å². The van der Waals surface area contributed by atoms with Gasteiger partial charge in [0.15, 0.2) is 5.16 Å². The van der Waals surface area contributed by atoms with E-state index >= 15 is 0 Å². The summed E-state index contributed by atoms with van der Waals surface area (Å²) in [6.07, 6.45) is 7.61. The van der Waals surface area contributed by atoms with Crippen molar-refractivity contribution >= 4 is 39.2 Å². The molecule has 0 fully saturated rings. The number of thioether (sulfide) groups is 1. The maximum Gasteiger partial charge on any atom is 0.263 e. The first-order chi connectivity index (χ1) is 12.6. The van der Waals surface area contributed by atoms with Gasteiger partial charge >= 0.3 is 0 Å². The van der Waals surface area contributed by atoms with Crippen LogP contribution in [0.4, 0.5) is 0 Å². The Hall–Kier alpha value is -1.86. The largest absolute Gasteiger partial charge is 0.352 e. The van der Waals surface area contributed by atoms with E-state index in [4.69, 9.17) is 4.98 Å². The summed E-state index contributed by atoms with van der Waals surface area (Å²) in [4.78, 5) is 32.2. The molecule has 0 saturated carbocycles. The number of hydrogen-bond acceptors (Lipinski definition) is 5. The number of allylic oxidation sites excluding steroid dienone is 1. The third-order valence-electron chi connectivity index (χ3n) is 4.42. The van der Waals surface area contributed by atoms with Crippen molar-refractivity contribution < 1.29 is 4.79 Å². The molecule has 138 valence electrons. The normalized spacial score (nSPS) is 14.7. The van der Waals surface area contributed by atoms with Crippen LogP contribution in [0.5, 0.6) is 0 Å². The minimum atomic E-state index is -0.357. The Kier molecular flexibility index (Phi) is 5.98. The van der Waals surface area contributed by atoms with Crippen LogP contribution < -0.4 is 10.9 Å². The highest BCUT2D eigenvalue weighted by Crippen LogP contribution is 2.35. The monoisotopic (exact) mass is 389 g/mol. The van der Waals surface area contributed by atoms with Gasteiger partial charge in [0.05, 0.1) is 10.6 Å². The smallest absolute Gasteiger partial charge is 0.263 e. The van der Waals surface area contributed by atoms with Crippen molar-refractivity contribution in [1.82, 2.24) is 14.9 Å². The van der Waals surface area contributed by atoms with Gasteiger partial charge in [0, 0.05) is 18.0 Å². The summed E-state index contributed by atoms with van der Waals surface area (Å²) in [6.45, 7) is 9.99. The molecule has 2 aromatic rings. The standard InChI is InChI=1S/C19H23N3O2S2/c1-4-10-20-16(23)12(3)25-19-21-17-15(18(24)22(19)11-5-2)13-8-6-7-9-14(13)26-17/h4-5,12H,1-2,6-11H2,3H3,(H,20,23)/t12-/m0/s1. The molecule has 0 aliphatic heterocycles. The molecule has 26 heavy (non-hydrogen) atoms. The Bertz CT molecular complexity index is 914. The number of hydrogen-bond donors (Lipinski definition) is 1. The quantitative estimate of drug-likeness (QED) is 0.448. The molecule has 0 saturated heterocycles. The van der Waals surface area contributed by atoms with Crippen molar-refractivity contribution in [3.05, 3.63) is 46.1 Å². The van der Waals surface area contributed by atoms with Crippen LogP contribution in [0.25, 0.3) is 10.2 Å². The molecule has 1 atom stereocenters. The predicted molar refractivity (Wildman–Crippen MR) is 109 cm³/mol. The van der Waals surface area contributed by atoms with Crippen molar-refractivity contribution in [3.63, 3.8) is 0 Å². The number of nitrogens with one attached hydrogen (secondary N) is 1. The first-order valence-corrected chi connectivity index (χ1v) is 10.5. The number of carbonyl (C=O) groups is 1. The van der Waals surface area contributed by atoms with Gasteiger partial charge in [0.1, 0.15) is 4.83 Å². The topological polar surface area (TPSA) is 64.0 Å². The van der Waals surface area contributed by atoms with E-state index in [0.717, 1.165) is 29.5 Å². The SMILES string of the molecule is C=CCNC(=O)[C@H](C)Sc1nc2sc3c(c2c(=O)n1CC=C)CCCC3. The zero-order valence-corrected chi connectivity index (χ0v) is 16.5. The second kappa shape index (κ2) is 8.22. The number of amides is 1. The minimum Gasteiger partial charge on any atom is -0.352 e. The molecular formula is C19H23N3O2S2. The summed E-state index contributed by atoms with van der Waals surface area (Å²) < 4.78 is 1.64. The molecule has 3 rings (SSSR count). The van der Waals surface area contributed by atoms with Crippen LogP contribution in [0.2, 0.25) is 0 Å². The minimum absolute atomic E-state index is 0.0181. The van der Waals surface area contributed by atoms with Crippen LogP contribution in [0.1, 0.15) is 30.2 Å². The first kappa shape index (κ1) is 18.9. The number of aromatic nitrogens is 2. The molecule has 0 bridgehead atoms. The Morgan fingerprint density at radius 2 is 2.15 bits per heavy atom. The van der Waals surface area contributed by atoms with E-state index in [1.54, 1.807) is 28.1 Å². The lowest BCUT2D eigenvalue weighted by Crippen LogP contribution is -2.32. The Morgan fingerprint density at radius 1 is 1.38 bits per heavy atom. The lowest BCUT2D eigenvalue weighted by Gasteiger charge is -2.15. The second-order valence-corrected chi connectivity index (χ2v) is 8.68. The van der Waals surface area contributed by atoms with Crippen molar-refractivity contribution in [2.45, 2.75) is 49.6 Å². The van der Waals surface area contributed by atoms with Crippen LogP contribution in [-0.4, -0.2) is 27.3 Å². The molecular weight excluding hydrogens is 366 g/mol. The summed E-state index contributed by atoms with van der Waals surface area (Å²) in [6, 6.07) is 0. The molecule has 2 aromatic heterocycles. The van der Waals surface area contributed by atoms with E-state index in [1.807, 2.05) is 6.92 Å². The molecule has 0 unspecified atom stereocenters. The fraction of sp³-hybridized carbons (Fsp3) is 0.421. The third kappa shape index (κ3) is 3.64. The number of fused-ring (bicyclic) bond motifs is 3. The molecule has 1 aliphatic carbocycles. The maximum absolute atomic E-state index is 13.2.